The summed E-state index contributed by atoms with van der Waals surface area (Å²) in [6, 6.07) is -2.34. The number of hydrogen-bond acceptors (Lipinski definition) is 19. The molecule has 4 heterocycles. The molecule has 57 heavy (non-hydrogen) atoms. The van der Waals surface area contributed by atoms with Gasteiger partial charge in [0.1, 0.15) is 30.3 Å². The summed E-state index contributed by atoms with van der Waals surface area (Å²) < 4.78 is 45.9. The maximum atomic E-state index is 11.3. The van der Waals surface area contributed by atoms with E-state index in [1.807, 2.05) is 6.92 Å². The number of nitrogens with two attached hydrogens (primary N) is 2. The zero-order valence-electron chi connectivity index (χ0n) is 33.0. The second kappa shape index (κ2) is 23.4. The van der Waals surface area contributed by atoms with Gasteiger partial charge in [-0.2, -0.15) is 0 Å². The van der Waals surface area contributed by atoms with E-state index in [0.29, 0.717) is 6.42 Å². The lowest BCUT2D eigenvalue weighted by Crippen LogP contribution is -2.62. The minimum atomic E-state index is -1.28. The molecule has 20 nitrogen and oxygen atoms in total. The van der Waals surface area contributed by atoms with E-state index < -0.39 is 135 Å². The van der Waals surface area contributed by atoms with Gasteiger partial charge >= 0.3 is 5.71 Å². The van der Waals surface area contributed by atoms with Gasteiger partial charge < -0.3 is 90.6 Å². The molecule has 0 amide bonds. The third-order valence-corrected chi connectivity index (χ3v) is 11.7. The van der Waals surface area contributed by atoms with Crippen molar-refractivity contribution >= 4 is 18.1 Å². The highest BCUT2D eigenvalue weighted by atomic mass is 16.6. The van der Waals surface area contributed by atoms with Crippen LogP contribution in [0.4, 0.5) is 0 Å². The van der Waals surface area contributed by atoms with Gasteiger partial charge in [0.15, 0.2) is 6.10 Å². The molecular weight excluding hydrogens is 756 g/mol. The summed E-state index contributed by atoms with van der Waals surface area (Å²) >= 11 is 0. The minimum absolute atomic E-state index is 0.0368. The van der Waals surface area contributed by atoms with Crippen LogP contribution in [0.25, 0.3) is 0 Å². The molecule has 19 atom stereocenters. The quantitative estimate of drug-likeness (QED) is 0.0427. The molecule has 4 aliphatic heterocycles. The SMILES string of the molecule is CC=NC1C(O)C(CC)OC(CO)C1COCC1OC(CO)C(COCC2OC(CO)C(COCC3OC(CO)C(CO)C(N)C3O)C(=[N+]=CC)C2O)C(N)C1O. The molecule has 4 fully saturated rings. The van der Waals surface area contributed by atoms with Crippen LogP contribution in [0.5, 0.6) is 0 Å². The van der Waals surface area contributed by atoms with Crippen molar-refractivity contribution in [2.24, 2.45) is 40.1 Å². The number of ether oxygens (including phenoxy) is 7. The Morgan fingerprint density at radius 1 is 0.579 bits per heavy atom. The fourth-order valence-electron chi connectivity index (χ4n) is 8.35. The van der Waals surface area contributed by atoms with Gasteiger partial charge in [-0.1, -0.05) is 6.92 Å². The van der Waals surface area contributed by atoms with Crippen LogP contribution in [0.1, 0.15) is 27.2 Å². The summed E-state index contributed by atoms with van der Waals surface area (Å²) in [5.41, 5.74) is 12.8. The second-order valence-electron chi connectivity index (χ2n) is 15.2. The topological polar surface area (TPSA) is 325 Å². The molecule has 0 aromatic rings. The average Bonchev–Trinajstić information content (AvgIpc) is 3.21. The highest BCUT2D eigenvalue weighted by molar-refractivity contribution is 5.93. The Bertz CT molecular complexity index is 1280. The third kappa shape index (κ3) is 11.4. The molecule has 0 spiro atoms. The summed E-state index contributed by atoms with van der Waals surface area (Å²) in [5, 5.41) is 93.8. The first-order valence-electron chi connectivity index (χ1n) is 19.9. The predicted molar refractivity (Wildman–Crippen MR) is 204 cm³/mol. The van der Waals surface area contributed by atoms with Crippen molar-refractivity contribution in [3.63, 3.8) is 0 Å². The van der Waals surface area contributed by atoms with Gasteiger partial charge in [-0.3, -0.25) is 4.99 Å². The van der Waals surface area contributed by atoms with Gasteiger partial charge in [0, 0.05) is 36.8 Å². The monoisotopic (exact) mass is 823 g/mol. The molecule has 20 heteroatoms. The van der Waals surface area contributed by atoms with Crippen LogP contribution in [0.2, 0.25) is 0 Å². The van der Waals surface area contributed by atoms with Crippen molar-refractivity contribution in [2.75, 3.05) is 72.7 Å². The van der Waals surface area contributed by atoms with Crippen LogP contribution < -0.4 is 16.1 Å². The van der Waals surface area contributed by atoms with E-state index in [4.69, 9.17) is 44.6 Å². The number of nitrogens with zero attached hydrogens (tertiary/aromatic N) is 2. The van der Waals surface area contributed by atoms with Crippen molar-refractivity contribution in [2.45, 2.75) is 119 Å². The third-order valence-electron chi connectivity index (χ3n) is 11.7. The minimum Gasteiger partial charge on any atom is -0.396 e. The van der Waals surface area contributed by atoms with Crippen LogP contribution >= 0.6 is 0 Å². The Labute approximate surface area is 333 Å². The number of rotatable bonds is 19. The van der Waals surface area contributed by atoms with Crippen molar-refractivity contribution in [1.82, 2.24) is 4.67 Å². The van der Waals surface area contributed by atoms with Crippen molar-refractivity contribution < 1.29 is 79.1 Å². The van der Waals surface area contributed by atoms with Gasteiger partial charge in [0.2, 0.25) is 0 Å². The molecule has 0 radical (unpaired) electrons. The first-order chi connectivity index (χ1) is 27.4. The summed E-state index contributed by atoms with van der Waals surface area (Å²) in [6.07, 6.45) is -7.38. The standard InChI is InChI=1S/C37H67N4O16/c1-4-22-36(49)32(40-5-2)20(25(10-45)54-22)13-52-16-28-35(48)31(39)19(24(9-44)56-28)12-51-17-29-37(50)33(41-6-3)21(26(11-46)57-29)14-53-15-27-34(47)30(38)18(7-42)23(8-43)55-27/h5-6,18-32,34-37,42-50H,4,7-17,38-39H2,1-3H3/q+1. The summed E-state index contributed by atoms with van der Waals surface area (Å²) in [7, 11) is 0. The molecule has 0 aliphatic carbocycles. The second-order valence-corrected chi connectivity index (χ2v) is 15.2. The maximum absolute atomic E-state index is 11.3. The lowest BCUT2D eigenvalue weighted by atomic mass is 9.84. The fraction of sp³-hybridized carbons (Fsp3) is 0.919. The summed E-state index contributed by atoms with van der Waals surface area (Å²) in [6.45, 7) is 2.74. The van der Waals surface area contributed by atoms with E-state index in [1.54, 1.807) is 20.1 Å². The smallest absolute Gasteiger partial charge is 0.319 e. The molecular formula is C37H67N4O16+. The van der Waals surface area contributed by atoms with Gasteiger partial charge in [-0.25, -0.2) is 0 Å². The maximum Gasteiger partial charge on any atom is 0.319 e. The first-order valence-corrected chi connectivity index (χ1v) is 19.9. The van der Waals surface area contributed by atoms with Gasteiger partial charge in [-0.15, -0.1) is 4.67 Å². The van der Waals surface area contributed by atoms with Crippen LogP contribution in [0.15, 0.2) is 4.99 Å². The van der Waals surface area contributed by atoms with Crippen LogP contribution in [0, 0.1) is 23.7 Å². The van der Waals surface area contributed by atoms with Crippen LogP contribution in [-0.4, -0.2) is 228 Å². The molecule has 0 bridgehead atoms. The zero-order chi connectivity index (χ0) is 41.8. The normalized spacial score (nSPS) is 43.0. The number of hydrogen-bond donors (Lipinski definition) is 11. The van der Waals surface area contributed by atoms with Gasteiger partial charge in [0.05, 0.1) is 121 Å². The van der Waals surface area contributed by atoms with Crippen molar-refractivity contribution in [3.8, 4) is 0 Å². The lowest BCUT2D eigenvalue weighted by molar-refractivity contribution is -0.206. The lowest BCUT2D eigenvalue weighted by Gasteiger charge is -2.44. The Morgan fingerprint density at radius 2 is 1.05 bits per heavy atom. The van der Waals surface area contributed by atoms with E-state index in [9.17, 15) is 46.0 Å². The van der Waals surface area contributed by atoms with Crippen molar-refractivity contribution in [3.05, 3.63) is 0 Å². The van der Waals surface area contributed by atoms with E-state index in [0.717, 1.165) is 0 Å². The van der Waals surface area contributed by atoms with E-state index >= 15 is 0 Å². The van der Waals surface area contributed by atoms with Crippen LogP contribution in [0.3, 0.4) is 0 Å². The van der Waals surface area contributed by atoms with Crippen molar-refractivity contribution in [1.29, 1.82) is 0 Å². The average molecular weight is 824 g/mol. The Morgan fingerprint density at radius 3 is 1.58 bits per heavy atom. The zero-order valence-corrected chi connectivity index (χ0v) is 33.0. The molecule has 13 N–H and O–H groups in total. The number of aliphatic imine (C=N–C) groups is 1. The Kier molecular flexibility index (Phi) is 19.7. The van der Waals surface area contributed by atoms with E-state index in [2.05, 4.69) is 9.66 Å². The molecule has 4 aliphatic rings. The largest absolute Gasteiger partial charge is 0.396 e. The van der Waals surface area contributed by atoms with E-state index in [1.165, 1.54) is 6.21 Å². The highest BCUT2D eigenvalue weighted by Gasteiger charge is 2.50. The van der Waals surface area contributed by atoms with Crippen LogP contribution in [-0.2, 0) is 33.2 Å². The Hall–Kier alpha value is -1.60. The fourth-order valence-corrected chi connectivity index (χ4v) is 8.35. The van der Waals surface area contributed by atoms with E-state index in [-0.39, 0.29) is 58.6 Å². The molecule has 0 aromatic carbocycles. The first kappa shape index (κ1) is 48.1. The molecule has 0 aromatic heterocycles. The highest BCUT2D eigenvalue weighted by Crippen LogP contribution is 2.32. The number of aliphatic hydroxyl groups is 9. The van der Waals surface area contributed by atoms with Gasteiger partial charge in [0.25, 0.3) is 6.21 Å². The number of aliphatic hydroxyl groups excluding tert-OH is 9. The molecule has 330 valence electrons. The molecule has 4 rings (SSSR count). The van der Waals surface area contributed by atoms with Gasteiger partial charge in [-0.05, 0) is 19.6 Å². The summed E-state index contributed by atoms with van der Waals surface area (Å²) in [4.78, 5) is 4.43. The molecule has 0 saturated carbocycles. The Balaban J connectivity index is 1.31. The summed E-state index contributed by atoms with van der Waals surface area (Å²) in [5.74, 6) is -2.52. The molecule has 4 saturated heterocycles. The predicted octanol–water partition coefficient (Wildman–Crippen LogP) is -5.90. The molecule has 19 unspecified atom stereocenters.